The number of hydrogen-bond donors (Lipinski definition) is 1. The van der Waals surface area contributed by atoms with Gasteiger partial charge in [-0.05, 0) is 68.4 Å². The molecule has 2 aromatic carbocycles. The molecule has 3 amide bonds. The van der Waals surface area contributed by atoms with Gasteiger partial charge in [0, 0.05) is 38.0 Å². The van der Waals surface area contributed by atoms with Gasteiger partial charge in [0.25, 0.3) is 0 Å². The number of urea groups is 1. The lowest BCUT2D eigenvalue weighted by atomic mass is 9.90. The molecule has 0 aromatic heterocycles. The molecule has 4 rings (SSSR count). The molecule has 2 aliphatic rings. The first-order chi connectivity index (χ1) is 16.2. The number of Topliss-reactive ketones (excluding diaryl/α,β-unsaturated/α-hetero) is 1. The van der Waals surface area contributed by atoms with Crippen molar-refractivity contribution in [3.8, 4) is 0 Å². The highest BCUT2D eigenvalue weighted by Crippen LogP contribution is 2.30. The van der Waals surface area contributed by atoms with E-state index in [1.54, 1.807) is 6.92 Å². The molecule has 0 aliphatic carbocycles. The molecule has 1 fully saturated rings. The van der Waals surface area contributed by atoms with Crippen molar-refractivity contribution < 1.29 is 14.4 Å². The van der Waals surface area contributed by atoms with Crippen LogP contribution in [-0.2, 0) is 22.6 Å². The second kappa shape index (κ2) is 9.97. The first kappa shape index (κ1) is 24.0. The van der Waals surface area contributed by atoms with Gasteiger partial charge in [0.1, 0.15) is 5.78 Å². The Balaban J connectivity index is 1.35. The smallest absolute Gasteiger partial charge is 0.339 e. The number of ketones is 1. The number of likely N-dealkylation sites (tertiary alicyclic amines) is 1. The number of nitrogens with zero attached hydrogens (tertiary/aromatic N) is 3. The van der Waals surface area contributed by atoms with Crippen molar-refractivity contribution in [2.45, 2.75) is 59.0 Å². The van der Waals surface area contributed by atoms with Gasteiger partial charge in [0.05, 0.1) is 5.69 Å². The van der Waals surface area contributed by atoms with Crippen LogP contribution in [0.2, 0.25) is 0 Å². The van der Waals surface area contributed by atoms with E-state index in [-0.39, 0.29) is 36.1 Å². The maximum absolute atomic E-state index is 13.1. The lowest BCUT2D eigenvalue weighted by Crippen LogP contribution is -2.56. The van der Waals surface area contributed by atoms with Gasteiger partial charge >= 0.3 is 6.03 Å². The van der Waals surface area contributed by atoms with Crippen molar-refractivity contribution in [1.82, 2.24) is 9.80 Å². The topological polar surface area (TPSA) is 87.0 Å². The van der Waals surface area contributed by atoms with Crippen molar-refractivity contribution in [3.63, 3.8) is 0 Å². The first-order valence-electron chi connectivity index (χ1n) is 12.0. The van der Waals surface area contributed by atoms with Crippen LogP contribution in [0.15, 0.2) is 42.5 Å². The number of aryl methyl sites for hydroxylation is 2. The highest BCUT2D eigenvalue weighted by Gasteiger charge is 2.36. The summed E-state index contributed by atoms with van der Waals surface area (Å²) in [7, 11) is 0. The van der Waals surface area contributed by atoms with Crippen molar-refractivity contribution in [2.24, 2.45) is 11.8 Å². The number of amides is 3. The molecule has 2 aliphatic heterocycles. The minimum Gasteiger partial charge on any atom is -0.343 e. The fourth-order valence-electron chi connectivity index (χ4n) is 5.00. The molecule has 2 heterocycles. The lowest BCUT2D eigenvalue weighted by molar-refractivity contribution is -0.136. The van der Waals surface area contributed by atoms with Crippen LogP contribution in [-0.4, -0.2) is 46.7 Å². The maximum atomic E-state index is 13.1. The summed E-state index contributed by atoms with van der Waals surface area (Å²) in [4.78, 5) is 41.9. The Kier molecular flexibility index (Phi) is 7.03. The number of anilines is 1. The summed E-state index contributed by atoms with van der Waals surface area (Å²) in [6.45, 7) is 7.39. The van der Waals surface area contributed by atoms with E-state index >= 15 is 0 Å². The van der Waals surface area contributed by atoms with E-state index < -0.39 is 0 Å². The van der Waals surface area contributed by atoms with Crippen molar-refractivity contribution in [3.05, 3.63) is 64.7 Å². The Bertz CT molecular complexity index is 1090. The molecule has 2 aromatic rings. The maximum Gasteiger partial charge on any atom is 0.339 e. The van der Waals surface area contributed by atoms with E-state index in [1.165, 1.54) is 16.1 Å². The minimum atomic E-state index is -0.321. The molecule has 1 saturated heterocycles. The van der Waals surface area contributed by atoms with Gasteiger partial charge in [-0.3, -0.25) is 9.59 Å². The molecule has 180 valence electrons. The zero-order valence-electron chi connectivity index (χ0n) is 20.3. The predicted octanol–water partition coefficient (Wildman–Crippen LogP) is 3.75. The highest BCUT2D eigenvalue weighted by atomic mass is 16.2. The number of piperidine rings is 1. The van der Waals surface area contributed by atoms with Crippen molar-refractivity contribution in [2.75, 3.05) is 18.1 Å². The van der Waals surface area contributed by atoms with Crippen LogP contribution >= 0.6 is 0 Å². The predicted molar refractivity (Wildman–Crippen MR) is 132 cm³/mol. The Morgan fingerprint density at radius 1 is 1.06 bits per heavy atom. The largest absolute Gasteiger partial charge is 0.343 e. The number of fused-ring (bicyclic) bond motifs is 1. The van der Waals surface area contributed by atoms with Crippen LogP contribution in [0.25, 0.3) is 0 Å². The van der Waals surface area contributed by atoms with Crippen LogP contribution in [0, 0.1) is 19.8 Å². The van der Waals surface area contributed by atoms with Gasteiger partial charge in [-0.1, -0.05) is 36.4 Å². The van der Waals surface area contributed by atoms with E-state index in [0.29, 0.717) is 38.9 Å². The Hall–Kier alpha value is -3.19. The van der Waals surface area contributed by atoms with Crippen molar-refractivity contribution in [1.29, 1.82) is 0 Å². The Morgan fingerprint density at radius 3 is 2.44 bits per heavy atom. The molecule has 7 nitrogen and oxygen atoms in total. The summed E-state index contributed by atoms with van der Waals surface area (Å²) in [6, 6.07) is 13.7. The zero-order chi connectivity index (χ0) is 24.4. The number of para-hydroxylation sites is 1. The number of hydrazine groups is 1. The second-order valence-corrected chi connectivity index (χ2v) is 9.66. The summed E-state index contributed by atoms with van der Waals surface area (Å²) >= 11 is 0. The summed E-state index contributed by atoms with van der Waals surface area (Å²) in [6.07, 6.45) is 2.21. The van der Waals surface area contributed by atoms with E-state index in [2.05, 4.69) is 26.0 Å². The fourth-order valence-corrected chi connectivity index (χ4v) is 5.00. The summed E-state index contributed by atoms with van der Waals surface area (Å²) in [5.41, 5.74) is 5.27. The number of benzene rings is 2. The normalized spacial score (nSPS) is 17.5. The van der Waals surface area contributed by atoms with Gasteiger partial charge in [-0.2, -0.15) is 0 Å². The van der Waals surface area contributed by atoms with Crippen LogP contribution in [0.4, 0.5) is 10.5 Å². The third kappa shape index (κ3) is 4.99. The summed E-state index contributed by atoms with van der Waals surface area (Å²) in [5.74, 6) is 5.81. The van der Waals surface area contributed by atoms with Gasteiger partial charge in [-0.25, -0.2) is 15.6 Å². The van der Waals surface area contributed by atoms with Crippen molar-refractivity contribution >= 4 is 23.4 Å². The number of nitrogens with two attached hydrogens (primary N) is 1. The van der Waals surface area contributed by atoms with E-state index in [1.807, 2.05) is 40.1 Å². The number of carbonyl (C=O) groups is 3. The molecule has 7 heteroatoms. The number of rotatable bonds is 6. The van der Waals surface area contributed by atoms with Gasteiger partial charge in [-0.15, -0.1) is 0 Å². The second-order valence-electron chi connectivity index (χ2n) is 9.66. The van der Waals surface area contributed by atoms with Crippen LogP contribution < -0.4 is 10.9 Å². The monoisotopic (exact) mass is 462 g/mol. The molecule has 0 saturated carbocycles. The quantitative estimate of drug-likeness (QED) is 0.523. The highest BCUT2D eigenvalue weighted by molar-refractivity contribution is 5.94. The van der Waals surface area contributed by atoms with Crippen LogP contribution in [0.3, 0.4) is 0 Å². The number of carbonyl (C=O) groups excluding carboxylic acids is 3. The first-order valence-corrected chi connectivity index (χ1v) is 12.0. The third-order valence-electron chi connectivity index (χ3n) is 7.35. The fraction of sp³-hybridized carbons (Fsp3) is 0.444. The molecule has 1 atom stereocenters. The molecule has 34 heavy (non-hydrogen) atoms. The van der Waals surface area contributed by atoms with Gasteiger partial charge in [0.15, 0.2) is 0 Å². The third-order valence-corrected chi connectivity index (χ3v) is 7.35. The minimum absolute atomic E-state index is 0.0123. The molecule has 1 unspecified atom stereocenters. The van der Waals surface area contributed by atoms with Gasteiger partial charge in [0.2, 0.25) is 5.91 Å². The molecule has 0 radical (unpaired) electrons. The van der Waals surface area contributed by atoms with Crippen LogP contribution in [0.1, 0.15) is 48.4 Å². The van der Waals surface area contributed by atoms with E-state index in [0.717, 1.165) is 16.8 Å². The lowest BCUT2D eigenvalue weighted by Gasteiger charge is -2.42. The van der Waals surface area contributed by atoms with Crippen LogP contribution in [0.5, 0.6) is 0 Å². The standard InChI is InChI=1S/C27H34N4O3/c1-18-8-9-21(14-19(18)2)15-23(20(3)32)16-26(33)29-12-10-24(11-13-29)30-17-22-6-4-5-7-25(22)31(28)27(30)34/h4-9,14,23-24H,10-13,15-17,28H2,1-3H3. The molecular weight excluding hydrogens is 428 g/mol. The average molecular weight is 463 g/mol. The average Bonchev–Trinajstić information content (AvgIpc) is 2.83. The Morgan fingerprint density at radius 2 is 1.76 bits per heavy atom. The summed E-state index contributed by atoms with van der Waals surface area (Å²) in [5, 5.41) is 1.22. The zero-order valence-corrected chi connectivity index (χ0v) is 20.3. The number of hydrogen-bond acceptors (Lipinski definition) is 4. The summed E-state index contributed by atoms with van der Waals surface area (Å²) < 4.78 is 0. The molecule has 2 N–H and O–H groups in total. The Labute approximate surface area is 201 Å². The SMILES string of the molecule is CC(=O)C(CC(=O)N1CCC(N2Cc3ccccc3N(N)C2=O)CC1)Cc1ccc(C)c(C)c1. The molecule has 0 spiro atoms. The van der Waals surface area contributed by atoms with E-state index in [9.17, 15) is 14.4 Å². The molecule has 0 bridgehead atoms. The molecular formula is C27H34N4O3. The van der Waals surface area contributed by atoms with E-state index in [4.69, 9.17) is 5.84 Å². The van der Waals surface area contributed by atoms with Gasteiger partial charge < -0.3 is 9.80 Å².